The van der Waals surface area contributed by atoms with Crippen LogP contribution in [-0.4, -0.2) is 70.2 Å². The fourth-order valence-corrected chi connectivity index (χ4v) is 0. The van der Waals surface area contributed by atoms with Crippen LogP contribution < -0.4 is 38.4 Å². The molecule has 0 saturated carbocycles. The fourth-order valence-electron chi connectivity index (χ4n) is 0. The summed E-state index contributed by atoms with van der Waals surface area (Å²) < 4.78 is 0. The second-order valence-corrected chi connectivity index (χ2v) is 3.00. The van der Waals surface area contributed by atoms with E-state index in [1.54, 1.807) is 0 Å². The third-order valence-corrected chi connectivity index (χ3v) is 0. The van der Waals surface area contributed by atoms with Gasteiger partial charge in [-0.3, -0.25) is 0 Å². The first-order valence-corrected chi connectivity index (χ1v) is 4.90. The maximum absolute atomic E-state index is 8.58. The number of hydrogen-bond acceptors (Lipinski definition) is 8. The molecule has 8 nitrogen and oxygen atoms in total. The second kappa shape index (κ2) is 11.8. The van der Waals surface area contributed by atoms with E-state index in [2.05, 4.69) is 0 Å². The zero-order chi connectivity index (χ0) is 9.00. The van der Waals surface area contributed by atoms with Crippen molar-refractivity contribution in [1.29, 1.82) is 0 Å². The predicted octanol–water partition coefficient (Wildman–Crippen LogP) is -11.4. The van der Waals surface area contributed by atoms with Gasteiger partial charge in [0.1, 0.15) is 0 Å². The van der Waals surface area contributed by atoms with Crippen LogP contribution in [0, 0.1) is 0 Å². The maximum atomic E-state index is 8.58. The second-order valence-electron chi connectivity index (χ2n) is 1.00. The molecule has 0 rings (SSSR count). The van der Waals surface area contributed by atoms with Gasteiger partial charge >= 0.3 is 52.1 Å². The molecular formula is Al3O8Si2+. The summed E-state index contributed by atoms with van der Waals surface area (Å²) in [6.45, 7) is 0. The van der Waals surface area contributed by atoms with Gasteiger partial charge in [-0.25, -0.2) is 0 Å². The van der Waals surface area contributed by atoms with E-state index in [0.29, 0.717) is 0 Å². The third-order valence-electron chi connectivity index (χ3n) is 0. The summed E-state index contributed by atoms with van der Waals surface area (Å²) in [5.41, 5.74) is 0. The van der Waals surface area contributed by atoms with Crippen LogP contribution in [0.15, 0.2) is 0 Å². The molecule has 0 saturated heterocycles. The van der Waals surface area contributed by atoms with E-state index in [-0.39, 0.29) is 52.1 Å². The molecule has 0 spiro atoms. The van der Waals surface area contributed by atoms with Crippen LogP contribution in [0.25, 0.3) is 0 Å². The van der Waals surface area contributed by atoms with Gasteiger partial charge in [0.25, 0.3) is 0 Å². The van der Waals surface area contributed by atoms with Gasteiger partial charge in [0, 0.05) is 0 Å². The van der Waals surface area contributed by atoms with Gasteiger partial charge in [0.05, 0.1) is 0 Å². The summed E-state index contributed by atoms with van der Waals surface area (Å²) in [4.78, 5) is 68.6. The Kier molecular flexibility index (Phi) is 26.6. The molecule has 0 fully saturated rings. The van der Waals surface area contributed by atoms with Gasteiger partial charge in [-0.1, -0.05) is 0 Å². The Morgan fingerprint density at radius 2 is 0.385 bits per heavy atom. The van der Waals surface area contributed by atoms with Gasteiger partial charge in [-0.15, -0.1) is 0 Å². The Hall–Kier alpha value is 1.71. The third kappa shape index (κ3) is 642. The van der Waals surface area contributed by atoms with E-state index in [9.17, 15) is 0 Å². The van der Waals surface area contributed by atoms with Gasteiger partial charge < -0.3 is 56.5 Å². The molecular weight excluding hydrogens is 265 g/mol. The Balaban J connectivity index is -0.0000000267. The normalized spacial score (nSPS) is 9.23. The van der Waals surface area contributed by atoms with Crippen LogP contribution in [0.1, 0.15) is 0 Å². The molecule has 0 atom stereocenters. The smallest absolute Gasteiger partial charge is 0.894 e. The quantitative estimate of drug-likeness (QED) is 0.386. The molecule has 13 heavy (non-hydrogen) atoms. The van der Waals surface area contributed by atoms with E-state index in [1.807, 2.05) is 0 Å². The molecule has 0 aliphatic rings. The molecule has 13 heteroatoms. The largest absolute Gasteiger partial charge is 3.00 e. The Bertz CT molecular complexity index is 60.4. The van der Waals surface area contributed by atoms with Crippen molar-refractivity contribution in [2.75, 3.05) is 0 Å². The average molecular weight is 265 g/mol. The van der Waals surface area contributed by atoms with Gasteiger partial charge in [0.2, 0.25) is 0 Å². The van der Waals surface area contributed by atoms with E-state index < -0.39 is 18.1 Å². The van der Waals surface area contributed by atoms with Crippen LogP contribution in [0.2, 0.25) is 0 Å². The molecule has 0 aliphatic heterocycles. The standard InChI is InChI=1S/3Al.2O4Si/c;;;2*1-5(2,3)4/q3*+3;2*-4. The summed E-state index contributed by atoms with van der Waals surface area (Å²) in [5.74, 6) is 0. The van der Waals surface area contributed by atoms with Crippen molar-refractivity contribution in [3.05, 3.63) is 0 Å². The summed E-state index contributed by atoms with van der Waals surface area (Å²) in [6, 6.07) is 0. The monoisotopic (exact) mass is 265 g/mol. The minimum atomic E-state index is -5.61. The first kappa shape index (κ1) is 29.3. The number of hydrogen-bond donors (Lipinski definition) is 0. The van der Waals surface area contributed by atoms with Crippen LogP contribution in [0.4, 0.5) is 0 Å². The van der Waals surface area contributed by atoms with Crippen molar-refractivity contribution >= 4 is 70.2 Å². The minimum Gasteiger partial charge on any atom is -0.894 e. The van der Waals surface area contributed by atoms with Crippen molar-refractivity contribution in [2.24, 2.45) is 0 Å². The Labute approximate surface area is 108 Å². The zero-order valence-electron chi connectivity index (χ0n) is 6.00. The molecule has 0 heterocycles. The van der Waals surface area contributed by atoms with Crippen molar-refractivity contribution in [1.82, 2.24) is 0 Å². The first-order valence-electron chi connectivity index (χ1n) is 1.63. The predicted molar refractivity (Wildman–Crippen MR) is 28.8 cm³/mol. The van der Waals surface area contributed by atoms with Gasteiger partial charge in [-0.2, -0.15) is 0 Å². The summed E-state index contributed by atoms with van der Waals surface area (Å²) in [6.07, 6.45) is 0. The Morgan fingerprint density at radius 3 is 0.385 bits per heavy atom. The average Bonchev–Trinajstić information content (AvgIpc) is 1.12. The molecule has 0 N–H and O–H groups in total. The summed E-state index contributed by atoms with van der Waals surface area (Å²) in [7, 11) is -11.2. The van der Waals surface area contributed by atoms with Crippen LogP contribution in [0.3, 0.4) is 0 Å². The van der Waals surface area contributed by atoms with E-state index >= 15 is 0 Å². The summed E-state index contributed by atoms with van der Waals surface area (Å²) in [5, 5.41) is 0. The molecule has 0 aliphatic carbocycles. The van der Waals surface area contributed by atoms with Crippen molar-refractivity contribution < 1.29 is 38.4 Å². The zero-order valence-corrected chi connectivity index (χ0v) is 11.5. The topological polar surface area (TPSA) is 184 Å². The van der Waals surface area contributed by atoms with Gasteiger partial charge in [0.15, 0.2) is 0 Å². The van der Waals surface area contributed by atoms with E-state index in [0.717, 1.165) is 0 Å². The summed E-state index contributed by atoms with van der Waals surface area (Å²) >= 11 is 0. The Morgan fingerprint density at radius 1 is 0.385 bits per heavy atom. The molecule has 0 unspecified atom stereocenters. The molecule has 0 amide bonds. The van der Waals surface area contributed by atoms with Crippen molar-refractivity contribution in [2.45, 2.75) is 0 Å². The van der Waals surface area contributed by atoms with Crippen molar-refractivity contribution in [3.63, 3.8) is 0 Å². The number of rotatable bonds is 0. The van der Waals surface area contributed by atoms with Crippen LogP contribution in [-0.2, 0) is 0 Å². The SMILES string of the molecule is [Al+3].[Al+3].[Al+3].[O-][Si]([O-])([O-])[O-].[O-][Si]([O-])([O-])[O-]. The van der Waals surface area contributed by atoms with Crippen LogP contribution >= 0.6 is 0 Å². The molecule has 0 bridgehead atoms. The fraction of sp³-hybridized carbons (Fsp3) is 0. The van der Waals surface area contributed by atoms with Crippen molar-refractivity contribution in [3.8, 4) is 0 Å². The van der Waals surface area contributed by atoms with E-state index in [4.69, 9.17) is 38.4 Å². The van der Waals surface area contributed by atoms with E-state index in [1.165, 1.54) is 0 Å². The first-order chi connectivity index (χ1) is 4.00. The molecule has 0 aromatic carbocycles. The van der Waals surface area contributed by atoms with Crippen LogP contribution in [0.5, 0.6) is 0 Å². The molecule has 0 aromatic heterocycles. The maximum Gasteiger partial charge on any atom is 3.00 e. The van der Waals surface area contributed by atoms with Gasteiger partial charge in [-0.05, 0) is 0 Å². The minimum absolute atomic E-state index is 0. The molecule has 64 valence electrons. The molecule has 0 aromatic rings. The molecule has 0 radical (unpaired) electrons.